The summed E-state index contributed by atoms with van der Waals surface area (Å²) in [6.45, 7) is 1.45. The largest absolute Gasteiger partial charge is 0.462 e. The van der Waals surface area contributed by atoms with Gasteiger partial charge in [0, 0.05) is 0 Å². The van der Waals surface area contributed by atoms with Crippen LogP contribution in [-0.2, 0) is 4.74 Å². The molecule has 0 bridgehead atoms. The third-order valence-electron chi connectivity index (χ3n) is 3.12. The SMILES string of the molecule is Cc1ccc(O[C@@H]2O[C@@H](CO)[C@@H](O)[C@@H](O)[C@@H]2O)cc1. The van der Waals surface area contributed by atoms with Crippen molar-refractivity contribution in [1.82, 2.24) is 0 Å². The quantitative estimate of drug-likeness (QED) is 0.572. The lowest BCUT2D eigenvalue weighted by atomic mass is 9.99. The molecule has 1 aliphatic rings. The maximum Gasteiger partial charge on any atom is 0.229 e. The molecular formula is C13H18O6. The standard InChI is InChI=1S/C13H18O6/c1-7-2-4-8(5-3-7)18-13-12(17)11(16)10(15)9(6-14)19-13/h2-5,9-17H,6H2,1H3/t9-,10+,11+,12-,13+/m0/s1. The molecule has 1 saturated heterocycles. The molecule has 5 atom stereocenters. The topological polar surface area (TPSA) is 99.4 Å². The highest BCUT2D eigenvalue weighted by Gasteiger charge is 2.44. The van der Waals surface area contributed by atoms with E-state index in [0.29, 0.717) is 5.75 Å². The van der Waals surface area contributed by atoms with Gasteiger partial charge in [-0.25, -0.2) is 0 Å². The lowest BCUT2D eigenvalue weighted by molar-refractivity contribution is -0.277. The molecule has 0 spiro atoms. The molecule has 1 aliphatic heterocycles. The van der Waals surface area contributed by atoms with Gasteiger partial charge in [0.05, 0.1) is 6.61 Å². The zero-order valence-corrected chi connectivity index (χ0v) is 10.5. The van der Waals surface area contributed by atoms with Crippen LogP contribution in [0.5, 0.6) is 5.75 Å². The fraction of sp³-hybridized carbons (Fsp3) is 0.538. The Hall–Kier alpha value is -1.18. The van der Waals surface area contributed by atoms with Crippen molar-refractivity contribution in [2.45, 2.75) is 37.6 Å². The molecule has 6 nitrogen and oxygen atoms in total. The average molecular weight is 270 g/mol. The molecule has 1 heterocycles. The Morgan fingerprint density at radius 3 is 2.26 bits per heavy atom. The minimum Gasteiger partial charge on any atom is -0.462 e. The van der Waals surface area contributed by atoms with Crippen LogP contribution < -0.4 is 4.74 Å². The summed E-state index contributed by atoms with van der Waals surface area (Å²) in [6, 6.07) is 7.08. The van der Waals surface area contributed by atoms with E-state index in [0.717, 1.165) is 5.56 Å². The maximum atomic E-state index is 9.80. The van der Waals surface area contributed by atoms with Gasteiger partial charge < -0.3 is 29.9 Å². The van der Waals surface area contributed by atoms with E-state index < -0.39 is 37.3 Å². The first-order valence-corrected chi connectivity index (χ1v) is 6.07. The molecule has 1 fully saturated rings. The first-order valence-electron chi connectivity index (χ1n) is 6.07. The molecule has 0 saturated carbocycles. The molecule has 0 unspecified atom stereocenters. The summed E-state index contributed by atoms with van der Waals surface area (Å²) >= 11 is 0. The van der Waals surface area contributed by atoms with E-state index >= 15 is 0 Å². The van der Waals surface area contributed by atoms with Crippen LogP contribution in [0.3, 0.4) is 0 Å². The second-order valence-electron chi connectivity index (χ2n) is 4.63. The van der Waals surface area contributed by atoms with Crippen LogP contribution >= 0.6 is 0 Å². The van der Waals surface area contributed by atoms with Crippen LogP contribution in [0.25, 0.3) is 0 Å². The van der Waals surface area contributed by atoms with E-state index in [-0.39, 0.29) is 0 Å². The zero-order chi connectivity index (χ0) is 14.0. The predicted molar refractivity (Wildman–Crippen MR) is 65.6 cm³/mol. The number of ether oxygens (including phenoxy) is 2. The molecule has 1 aromatic rings. The second kappa shape index (κ2) is 5.85. The molecule has 0 radical (unpaired) electrons. The lowest BCUT2D eigenvalue weighted by Gasteiger charge is -2.39. The summed E-state index contributed by atoms with van der Waals surface area (Å²) in [4.78, 5) is 0. The monoisotopic (exact) mass is 270 g/mol. The van der Waals surface area contributed by atoms with Crippen molar-refractivity contribution >= 4 is 0 Å². The van der Waals surface area contributed by atoms with Crippen LogP contribution in [0.2, 0.25) is 0 Å². The van der Waals surface area contributed by atoms with Crippen LogP contribution in [0, 0.1) is 6.92 Å². The van der Waals surface area contributed by atoms with Crippen LogP contribution in [0.1, 0.15) is 5.56 Å². The number of aliphatic hydroxyl groups excluding tert-OH is 4. The van der Waals surface area contributed by atoms with Gasteiger partial charge in [-0.1, -0.05) is 17.7 Å². The molecule has 19 heavy (non-hydrogen) atoms. The van der Waals surface area contributed by atoms with Crippen molar-refractivity contribution in [1.29, 1.82) is 0 Å². The van der Waals surface area contributed by atoms with Crippen molar-refractivity contribution in [3.05, 3.63) is 29.8 Å². The molecule has 0 aliphatic carbocycles. The molecule has 0 aromatic heterocycles. The van der Waals surface area contributed by atoms with Crippen LogP contribution in [-0.4, -0.2) is 57.7 Å². The summed E-state index contributed by atoms with van der Waals surface area (Å²) in [5, 5.41) is 38.1. The summed E-state index contributed by atoms with van der Waals surface area (Å²) in [6.07, 6.45) is -6.30. The van der Waals surface area contributed by atoms with Gasteiger partial charge in [0.15, 0.2) is 0 Å². The smallest absolute Gasteiger partial charge is 0.229 e. The molecule has 106 valence electrons. The van der Waals surface area contributed by atoms with Crippen molar-refractivity contribution in [2.75, 3.05) is 6.61 Å². The Morgan fingerprint density at radius 2 is 1.68 bits per heavy atom. The second-order valence-corrected chi connectivity index (χ2v) is 4.63. The number of aliphatic hydroxyl groups is 4. The first kappa shape index (κ1) is 14.2. The zero-order valence-electron chi connectivity index (χ0n) is 10.5. The van der Waals surface area contributed by atoms with Crippen molar-refractivity contribution in [3.8, 4) is 5.75 Å². The van der Waals surface area contributed by atoms with E-state index in [1.807, 2.05) is 19.1 Å². The number of aryl methyl sites for hydroxylation is 1. The Kier molecular flexibility index (Phi) is 4.38. The number of rotatable bonds is 3. The molecule has 0 amide bonds. The molecule has 2 rings (SSSR count). The minimum absolute atomic E-state index is 0.468. The van der Waals surface area contributed by atoms with Crippen molar-refractivity contribution < 1.29 is 29.9 Å². The molecular weight excluding hydrogens is 252 g/mol. The molecule has 6 heteroatoms. The summed E-state index contributed by atoms with van der Waals surface area (Å²) in [5.41, 5.74) is 1.06. The maximum absolute atomic E-state index is 9.80. The van der Waals surface area contributed by atoms with Crippen molar-refractivity contribution in [2.24, 2.45) is 0 Å². The van der Waals surface area contributed by atoms with E-state index in [9.17, 15) is 15.3 Å². The van der Waals surface area contributed by atoms with Crippen molar-refractivity contribution in [3.63, 3.8) is 0 Å². The Balaban J connectivity index is 2.08. The summed E-state index contributed by atoms with van der Waals surface area (Å²) in [7, 11) is 0. The summed E-state index contributed by atoms with van der Waals surface area (Å²) < 4.78 is 10.7. The van der Waals surface area contributed by atoms with Crippen LogP contribution in [0.15, 0.2) is 24.3 Å². The van der Waals surface area contributed by atoms with Crippen LogP contribution in [0.4, 0.5) is 0 Å². The van der Waals surface area contributed by atoms with Gasteiger partial charge in [0.2, 0.25) is 6.29 Å². The van der Waals surface area contributed by atoms with Gasteiger partial charge >= 0.3 is 0 Å². The average Bonchev–Trinajstić information content (AvgIpc) is 2.42. The molecule has 1 aromatic carbocycles. The number of hydrogen-bond donors (Lipinski definition) is 4. The molecule has 4 N–H and O–H groups in total. The van der Waals surface area contributed by atoms with Gasteiger partial charge in [-0.15, -0.1) is 0 Å². The highest BCUT2D eigenvalue weighted by Crippen LogP contribution is 2.24. The third-order valence-corrected chi connectivity index (χ3v) is 3.12. The minimum atomic E-state index is -1.43. The fourth-order valence-corrected chi connectivity index (χ4v) is 1.92. The van der Waals surface area contributed by atoms with Gasteiger partial charge in [0.25, 0.3) is 0 Å². The number of hydrogen-bond acceptors (Lipinski definition) is 6. The normalized spacial score (nSPS) is 35.1. The van der Waals surface area contributed by atoms with Gasteiger partial charge in [-0.3, -0.25) is 0 Å². The lowest BCUT2D eigenvalue weighted by Crippen LogP contribution is -2.60. The number of benzene rings is 1. The van der Waals surface area contributed by atoms with Gasteiger partial charge in [-0.2, -0.15) is 0 Å². The first-order chi connectivity index (χ1) is 9.02. The van der Waals surface area contributed by atoms with Gasteiger partial charge in [0.1, 0.15) is 30.2 Å². The van der Waals surface area contributed by atoms with E-state index in [2.05, 4.69) is 0 Å². The Morgan fingerprint density at radius 1 is 1.05 bits per heavy atom. The Labute approximate surface area is 110 Å². The Bertz CT molecular complexity index is 404. The third kappa shape index (κ3) is 3.05. The van der Waals surface area contributed by atoms with E-state index in [1.165, 1.54) is 0 Å². The van der Waals surface area contributed by atoms with Gasteiger partial charge in [-0.05, 0) is 19.1 Å². The highest BCUT2D eigenvalue weighted by atomic mass is 16.7. The highest BCUT2D eigenvalue weighted by molar-refractivity contribution is 5.26. The summed E-state index contributed by atoms with van der Waals surface area (Å²) in [5.74, 6) is 0.468. The van der Waals surface area contributed by atoms with E-state index in [4.69, 9.17) is 14.6 Å². The fourth-order valence-electron chi connectivity index (χ4n) is 1.92. The predicted octanol–water partition coefficient (Wildman–Crippen LogP) is -0.826. The van der Waals surface area contributed by atoms with E-state index in [1.54, 1.807) is 12.1 Å².